The molecule has 8 nitrogen and oxygen atoms in total. The maximum Gasteiger partial charge on any atom is 0.232 e. The predicted octanol–water partition coefficient (Wildman–Crippen LogP) is 2.56. The molecule has 26 heavy (non-hydrogen) atoms. The fourth-order valence-electron chi connectivity index (χ4n) is 2.65. The van der Waals surface area contributed by atoms with Crippen LogP contribution in [0, 0.1) is 0 Å². The van der Waals surface area contributed by atoms with Crippen LogP contribution in [0.25, 0.3) is 22.0 Å². The molecule has 1 amide bonds. The summed E-state index contributed by atoms with van der Waals surface area (Å²) < 4.78 is 10.6. The number of nitrogens with two attached hydrogens (primary N) is 1. The Hall–Kier alpha value is -3.39. The van der Waals surface area contributed by atoms with Gasteiger partial charge in [0.2, 0.25) is 11.9 Å². The van der Waals surface area contributed by atoms with Gasteiger partial charge in [-0.25, -0.2) is 10.8 Å². The summed E-state index contributed by atoms with van der Waals surface area (Å²) in [6.07, 6.45) is 0. The van der Waals surface area contributed by atoms with E-state index in [9.17, 15) is 4.79 Å². The highest BCUT2D eigenvalue weighted by atomic mass is 16.5. The molecule has 4 N–H and O–H groups in total. The summed E-state index contributed by atoms with van der Waals surface area (Å²) in [5, 5.41) is 3.29. The number of rotatable bonds is 5. The van der Waals surface area contributed by atoms with E-state index in [1.807, 2.05) is 36.4 Å². The van der Waals surface area contributed by atoms with Crippen molar-refractivity contribution in [1.82, 2.24) is 9.97 Å². The highest BCUT2D eigenvalue weighted by Gasteiger charge is 2.11. The number of carbonyl (C=O) groups excluding carboxylic acids is 1. The molecule has 0 bridgehead atoms. The van der Waals surface area contributed by atoms with Gasteiger partial charge in [-0.15, -0.1) is 0 Å². The number of methoxy groups -OCH3 is 2. The third kappa shape index (κ3) is 3.35. The number of anilines is 2. The second kappa shape index (κ2) is 7.24. The van der Waals surface area contributed by atoms with Crippen molar-refractivity contribution in [2.24, 2.45) is 5.84 Å². The fourth-order valence-corrected chi connectivity index (χ4v) is 2.65. The zero-order valence-electron chi connectivity index (χ0n) is 14.7. The highest BCUT2D eigenvalue weighted by molar-refractivity contribution is 5.95. The van der Waals surface area contributed by atoms with Crippen molar-refractivity contribution in [3.8, 4) is 22.6 Å². The van der Waals surface area contributed by atoms with Crippen molar-refractivity contribution in [1.29, 1.82) is 0 Å². The van der Waals surface area contributed by atoms with E-state index in [1.165, 1.54) is 6.92 Å². The van der Waals surface area contributed by atoms with Crippen LogP contribution in [-0.2, 0) is 4.79 Å². The van der Waals surface area contributed by atoms with Crippen LogP contribution in [0.4, 0.5) is 11.8 Å². The lowest BCUT2D eigenvalue weighted by Crippen LogP contribution is -2.14. The first-order chi connectivity index (χ1) is 12.5. The molecule has 0 saturated heterocycles. The number of fused-ring (bicyclic) bond motifs is 1. The number of nitrogen functional groups attached to an aromatic ring is 1. The predicted molar refractivity (Wildman–Crippen MR) is 100 cm³/mol. The Morgan fingerprint density at radius 3 is 2.35 bits per heavy atom. The van der Waals surface area contributed by atoms with E-state index < -0.39 is 0 Å². The molecule has 3 aromatic rings. The lowest BCUT2D eigenvalue weighted by atomic mass is 10.0. The number of ether oxygens (including phenoxy) is 2. The minimum atomic E-state index is -0.255. The van der Waals surface area contributed by atoms with Gasteiger partial charge in [0.15, 0.2) is 17.3 Å². The Kier molecular flexibility index (Phi) is 4.85. The van der Waals surface area contributed by atoms with E-state index in [0.717, 1.165) is 16.5 Å². The normalized spacial score (nSPS) is 10.5. The van der Waals surface area contributed by atoms with Crippen LogP contribution in [0.5, 0.6) is 11.5 Å². The van der Waals surface area contributed by atoms with Gasteiger partial charge < -0.3 is 14.9 Å². The van der Waals surface area contributed by atoms with Gasteiger partial charge in [-0.05, 0) is 35.4 Å². The zero-order chi connectivity index (χ0) is 18.7. The molecule has 3 rings (SSSR count). The van der Waals surface area contributed by atoms with Crippen LogP contribution in [-0.4, -0.2) is 30.1 Å². The molecule has 0 aliphatic carbocycles. The maximum absolute atomic E-state index is 11.2. The van der Waals surface area contributed by atoms with Crippen molar-refractivity contribution in [3.05, 3.63) is 36.4 Å². The Bertz CT molecular complexity index is 974. The minimum absolute atomic E-state index is 0.191. The third-order valence-corrected chi connectivity index (χ3v) is 3.84. The van der Waals surface area contributed by atoms with E-state index in [-0.39, 0.29) is 11.9 Å². The molecule has 2 aromatic carbocycles. The largest absolute Gasteiger partial charge is 0.493 e. The van der Waals surface area contributed by atoms with Crippen LogP contribution in [0.2, 0.25) is 0 Å². The summed E-state index contributed by atoms with van der Waals surface area (Å²) in [5.74, 6) is 7.25. The number of carbonyl (C=O) groups is 1. The van der Waals surface area contributed by atoms with Gasteiger partial charge >= 0.3 is 0 Å². The fraction of sp³-hybridized carbons (Fsp3) is 0.167. The molecular formula is C18H19N5O3. The van der Waals surface area contributed by atoms with Gasteiger partial charge in [-0.3, -0.25) is 10.1 Å². The van der Waals surface area contributed by atoms with Crippen molar-refractivity contribution in [3.63, 3.8) is 0 Å². The second-order valence-corrected chi connectivity index (χ2v) is 5.52. The number of hydrogen-bond donors (Lipinski definition) is 3. The van der Waals surface area contributed by atoms with Gasteiger partial charge in [-0.1, -0.05) is 12.1 Å². The molecule has 0 aliphatic heterocycles. The average molecular weight is 353 g/mol. The first-order valence-electron chi connectivity index (χ1n) is 7.84. The molecule has 1 aromatic heterocycles. The van der Waals surface area contributed by atoms with Gasteiger partial charge in [0.05, 0.1) is 19.7 Å². The van der Waals surface area contributed by atoms with Gasteiger partial charge in [0, 0.05) is 12.3 Å². The van der Waals surface area contributed by atoms with E-state index in [4.69, 9.17) is 15.3 Å². The summed E-state index contributed by atoms with van der Waals surface area (Å²) >= 11 is 0. The molecule has 0 saturated carbocycles. The summed E-state index contributed by atoms with van der Waals surface area (Å²) in [4.78, 5) is 19.8. The molecule has 0 unspecified atom stereocenters. The van der Waals surface area contributed by atoms with Crippen molar-refractivity contribution < 1.29 is 14.3 Å². The molecule has 1 heterocycles. The van der Waals surface area contributed by atoms with Gasteiger partial charge in [-0.2, -0.15) is 4.98 Å². The molecule has 134 valence electrons. The van der Waals surface area contributed by atoms with E-state index >= 15 is 0 Å². The number of hydrogen-bond acceptors (Lipinski definition) is 7. The number of nitrogens with zero attached hydrogens (tertiary/aromatic N) is 2. The van der Waals surface area contributed by atoms with Crippen LogP contribution in [0.15, 0.2) is 36.4 Å². The van der Waals surface area contributed by atoms with Crippen LogP contribution < -0.4 is 26.1 Å². The second-order valence-electron chi connectivity index (χ2n) is 5.52. The molecule has 0 fully saturated rings. The van der Waals surface area contributed by atoms with Crippen LogP contribution in [0.1, 0.15) is 6.92 Å². The lowest BCUT2D eigenvalue weighted by molar-refractivity contribution is -0.114. The number of aromatic nitrogens is 2. The summed E-state index contributed by atoms with van der Waals surface area (Å²) in [6, 6.07) is 11.4. The summed E-state index contributed by atoms with van der Waals surface area (Å²) in [7, 11) is 3.19. The van der Waals surface area contributed by atoms with Crippen LogP contribution in [0.3, 0.4) is 0 Å². The molecule has 0 radical (unpaired) electrons. The smallest absolute Gasteiger partial charge is 0.232 e. The van der Waals surface area contributed by atoms with E-state index in [2.05, 4.69) is 20.7 Å². The standard InChI is InChI=1S/C18H19N5O3/c1-10(24)20-18-21-14-6-4-11(8-13(14)17(22-18)23-19)12-5-7-15(25-2)16(9-12)26-3/h4-9H,19H2,1-3H3,(H2,20,21,22,23,24). The maximum atomic E-state index is 11.2. The quantitative estimate of drug-likeness (QED) is 0.477. The Balaban J connectivity index is 2.10. The highest BCUT2D eigenvalue weighted by Crippen LogP contribution is 2.34. The first kappa shape index (κ1) is 17.4. The Labute approximate surface area is 150 Å². The summed E-state index contributed by atoms with van der Waals surface area (Å²) in [6.45, 7) is 1.39. The monoisotopic (exact) mass is 353 g/mol. The number of benzene rings is 2. The third-order valence-electron chi connectivity index (χ3n) is 3.84. The number of nitrogens with one attached hydrogen (secondary N) is 2. The number of hydrazine groups is 1. The molecule has 0 atom stereocenters. The zero-order valence-corrected chi connectivity index (χ0v) is 14.7. The Morgan fingerprint density at radius 1 is 1.00 bits per heavy atom. The lowest BCUT2D eigenvalue weighted by Gasteiger charge is -2.12. The van der Waals surface area contributed by atoms with Crippen molar-refractivity contribution in [2.45, 2.75) is 6.92 Å². The SMILES string of the molecule is COc1ccc(-c2ccc3nc(NC(C)=O)nc(NN)c3c2)cc1OC. The van der Waals surface area contributed by atoms with E-state index in [1.54, 1.807) is 14.2 Å². The topological polar surface area (TPSA) is 111 Å². The number of amides is 1. The van der Waals surface area contributed by atoms with Crippen LogP contribution >= 0.6 is 0 Å². The van der Waals surface area contributed by atoms with Crippen molar-refractivity contribution >= 4 is 28.6 Å². The van der Waals surface area contributed by atoms with Crippen molar-refractivity contribution in [2.75, 3.05) is 25.0 Å². The molecular weight excluding hydrogens is 334 g/mol. The van der Waals surface area contributed by atoms with Gasteiger partial charge in [0.25, 0.3) is 0 Å². The molecule has 8 heteroatoms. The van der Waals surface area contributed by atoms with E-state index in [0.29, 0.717) is 22.8 Å². The molecule has 0 spiro atoms. The van der Waals surface area contributed by atoms with Gasteiger partial charge in [0.1, 0.15) is 0 Å². The average Bonchev–Trinajstić information content (AvgIpc) is 2.65. The summed E-state index contributed by atoms with van der Waals surface area (Å²) in [5.41, 5.74) is 5.09. The first-order valence-corrected chi connectivity index (χ1v) is 7.84. The Morgan fingerprint density at radius 2 is 1.69 bits per heavy atom. The minimum Gasteiger partial charge on any atom is -0.493 e. The molecule has 0 aliphatic rings.